The van der Waals surface area contributed by atoms with Gasteiger partial charge in [0.05, 0.1) is 11.4 Å². The Balaban J connectivity index is 2.92. The molecule has 8 heteroatoms. The number of rotatable bonds is 5. The van der Waals surface area contributed by atoms with Crippen LogP contribution < -0.4 is 10.6 Å². The lowest BCUT2D eigenvalue weighted by atomic mass is 10.3. The smallest absolute Gasteiger partial charge is 0.243 e. The molecule has 0 aromatic heterocycles. The molecule has 0 aliphatic carbocycles. The van der Waals surface area contributed by atoms with Crippen LogP contribution in [0.3, 0.4) is 0 Å². The summed E-state index contributed by atoms with van der Waals surface area (Å²) in [7, 11) is -0.968. The molecule has 20 heavy (non-hydrogen) atoms. The molecule has 0 aliphatic heterocycles. The maximum Gasteiger partial charge on any atom is 0.243 e. The fraction of sp³-hybridized carbons (Fsp3) is 0.333. The van der Waals surface area contributed by atoms with Crippen LogP contribution in [0.5, 0.6) is 0 Å². The van der Waals surface area contributed by atoms with Gasteiger partial charge in [-0.05, 0) is 24.3 Å². The first-order chi connectivity index (χ1) is 9.27. The van der Waals surface area contributed by atoms with Crippen molar-refractivity contribution in [3.8, 4) is 0 Å². The highest BCUT2D eigenvalue weighted by molar-refractivity contribution is 7.89. The maximum atomic E-state index is 12.2. The van der Waals surface area contributed by atoms with E-state index >= 15 is 0 Å². The normalized spacial score (nSPS) is 11.2. The number of carbonyl (C=O) groups excluding carboxylic acids is 2. The number of benzene rings is 1. The minimum absolute atomic E-state index is 0.0537. The second-order valence-corrected chi connectivity index (χ2v) is 6.18. The highest BCUT2D eigenvalue weighted by Crippen LogP contribution is 2.17. The quantitative estimate of drug-likeness (QED) is 0.800. The van der Waals surface area contributed by atoms with E-state index in [1.165, 1.54) is 45.3 Å². The topological polar surface area (TPSA) is 95.6 Å². The van der Waals surface area contributed by atoms with Crippen LogP contribution in [0, 0.1) is 0 Å². The predicted octanol–water partition coefficient (Wildman–Crippen LogP) is 0.0115. The van der Waals surface area contributed by atoms with Gasteiger partial charge in [-0.2, -0.15) is 4.31 Å². The summed E-state index contributed by atoms with van der Waals surface area (Å²) in [6.45, 7) is 1.11. The summed E-state index contributed by atoms with van der Waals surface area (Å²) in [5.41, 5.74) is 0.505. The first-order valence-corrected chi connectivity index (χ1v) is 7.26. The van der Waals surface area contributed by atoms with Crippen molar-refractivity contribution in [1.82, 2.24) is 9.62 Å². The number of amides is 2. The Morgan fingerprint density at radius 2 is 1.75 bits per heavy atom. The van der Waals surface area contributed by atoms with Gasteiger partial charge in [0.1, 0.15) is 0 Å². The van der Waals surface area contributed by atoms with Gasteiger partial charge in [0.25, 0.3) is 0 Å². The third-order valence-electron chi connectivity index (χ3n) is 2.53. The van der Waals surface area contributed by atoms with Gasteiger partial charge >= 0.3 is 0 Å². The Morgan fingerprint density at radius 3 is 2.20 bits per heavy atom. The molecule has 0 aliphatic rings. The lowest BCUT2D eigenvalue weighted by Crippen LogP contribution is -2.36. The molecule has 2 N–H and O–H groups in total. The standard InChI is InChI=1S/C12H17N3O4S/c1-9(16)14-10-4-6-11(7-5-10)20(18,19)15(3)8-12(17)13-2/h4-7H,8H2,1-3H3,(H,13,17)(H,14,16). The van der Waals surface area contributed by atoms with Crippen LogP contribution in [0.1, 0.15) is 6.92 Å². The Bertz CT molecular complexity index is 596. The molecule has 0 bridgehead atoms. The summed E-state index contributed by atoms with van der Waals surface area (Å²) in [6, 6.07) is 5.73. The second-order valence-electron chi connectivity index (χ2n) is 4.14. The van der Waals surface area contributed by atoms with Crippen LogP contribution in [0.2, 0.25) is 0 Å². The Hall–Kier alpha value is -1.93. The van der Waals surface area contributed by atoms with Gasteiger partial charge in [0.15, 0.2) is 0 Å². The summed E-state index contributed by atoms with van der Waals surface area (Å²) in [5, 5.41) is 4.90. The summed E-state index contributed by atoms with van der Waals surface area (Å²) >= 11 is 0. The molecule has 0 saturated heterocycles. The van der Waals surface area contributed by atoms with Gasteiger partial charge in [0, 0.05) is 26.7 Å². The zero-order valence-corrected chi connectivity index (χ0v) is 12.3. The molecule has 0 heterocycles. The highest BCUT2D eigenvalue weighted by atomic mass is 32.2. The molecule has 110 valence electrons. The van der Waals surface area contributed by atoms with E-state index in [0.717, 1.165) is 4.31 Å². The summed E-state index contributed by atoms with van der Waals surface area (Å²) in [5.74, 6) is -0.636. The van der Waals surface area contributed by atoms with E-state index in [0.29, 0.717) is 5.69 Å². The van der Waals surface area contributed by atoms with Crippen molar-refractivity contribution in [2.75, 3.05) is 26.0 Å². The van der Waals surface area contributed by atoms with Crippen LogP contribution >= 0.6 is 0 Å². The molecule has 0 fully saturated rings. The van der Waals surface area contributed by atoms with Gasteiger partial charge < -0.3 is 10.6 Å². The number of nitrogens with one attached hydrogen (secondary N) is 2. The first kappa shape index (κ1) is 16.1. The van der Waals surface area contributed by atoms with Crippen molar-refractivity contribution in [1.29, 1.82) is 0 Å². The molecule has 0 saturated carbocycles. The molecule has 7 nitrogen and oxygen atoms in total. The summed E-state index contributed by atoms with van der Waals surface area (Å²) < 4.78 is 25.3. The van der Waals surface area contributed by atoms with E-state index in [2.05, 4.69) is 10.6 Å². The Morgan fingerprint density at radius 1 is 1.20 bits per heavy atom. The monoisotopic (exact) mass is 299 g/mol. The molecule has 0 unspecified atom stereocenters. The average molecular weight is 299 g/mol. The van der Waals surface area contributed by atoms with Gasteiger partial charge in [0.2, 0.25) is 21.8 Å². The lowest BCUT2D eigenvalue weighted by molar-refractivity contribution is -0.120. The zero-order chi connectivity index (χ0) is 15.3. The zero-order valence-electron chi connectivity index (χ0n) is 11.5. The number of sulfonamides is 1. The molecule has 0 atom stereocenters. The number of hydrogen-bond acceptors (Lipinski definition) is 4. The van der Waals surface area contributed by atoms with E-state index in [-0.39, 0.29) is 17.3 Å². The number of hydrogen-bond donors (Lipinski definition) is 2. The fourth-order valence-corrected chi connectivity index (χ4v) is 2.59. The van der Waals surface area contributed by atoms with E-state index in [9.17, 15) is 18.0 Å². The molecule has 1 rings (SSSR count). The highest BCUT2D eigenvalue weighted by Gasteiger charge is 2.22. The van der Waals surface area contributed by atoms with Gasteiger partial charge in [-0.3, -0.25) is 9.59 Å². The number of anilines is 1. The van der Waals surface area contributed by atoms with Crippen molar-refractivity contribution < 1.29 is 18.0 Å². The fourth-order valence-electron chi connectivity index (χ4n) is 1.46. The van der Waals surface area contributed by atoms with E-state index in [1.54, 1.807) is 0 Å². The summed E-state index contributed by atoms with van der Waals surface area (Å²) in [4.78, 5) is 22.1. The minimum Gasteiger partial charge on any atom is -0.358 e. The van der Waals surface area contributed by atoms with E-state index in [4.69, 9.17) is 0 Å². The van der Waals surface area contributed by atoms with Gasteiger partial charge in [-0.1, -0.05) is 0 Å². The second kappa shape index (κ2) is 6.49. The molecule has 2 amide bonds. The molecule has 0 radical (unpaired) electrons. The average Bonchev–Trinajstić information content (AvgIpc) is 2.38. The van der Waals surface area contributed by atoms with Crippen molar-refractivity contribution in [3.05, 3.63) is 24.3 Å². The van der Waals surface area contributed by atoms with E-state index < -0.39 is 15.9 Å². The number of carbonyl (C=O) groups is 2. The van der Waals surface area contributed by atoms with Crippen molar-refractivity contribution in [3.63, 3.8) is 0 Å². The summed E-state index contributed by atoms with van der Waals surface area (Å²) in [6.07, 6.45) is 0. The molecule has 1 aromatic carbocycles. The number of nitrogens with zero attached hydrogens (tertiary/aromatic N) is 1. The minimum atomic E-state index is -3.73. The third-order valence-corrected chi connectivity index (χ3v) is 4.35. The Labute approximate surface area is 118 Å². The lowest BCUT2D eigenvalue weighted by Gasteiger charge is -2.16. The van der Waals surface area contributed by atoms with Crippen molar-refractivity contribution in [2.24, 2.45) is 0 Å². The SMILES string of the molecule is CNC(=O)CN(C)S(=O)(=O)c1ccc(NC(C)=O)cc1. The van der Waals surface area contributed by atoms with E-state index in [1.807, 2.05) is 0 Å². The van der Waals surface area contributed by atoms with Crippen LogP contribution in [-0.4, -0.2) is 45.2 Å². The predicted molar refractivity (Wildman–Crippen MR) is 74.6 cm³/mol. The van der Waals surface area contributed by atoms with Crippen LogP contribution in [0.4, 0.5) is 5.69 Å². The van der Waals surface area contributed by atoms with Gasteiger partial charge in [-0.25, -0.2) is 8.42 Å². The molecular weight excluding hydrogens is 282 g/mol. The largest absolute Gasteiger partial charge is 0.358 e. The van der Waals surface area contributed by atoms with Crippen molar-refractivity contribution in [2.45, 2.75) is 11.8 Å². The maximum absolute atomic E-state index is 12.2. The van der Waals surface area contributed by atoms with Crippen LogP contribution in [0.25, 0.3) is 0 Å². The van der Waals surface area contributed by atoms with Gasteiger partial charge in [-0.15, -0.1) is 0 Å². The molecule has 0 spiro atoms. The van der Waals surface area contributed by atoms with Crippen LogP contribution in [-0.2, 0) is 19.6 Å². The third kappa shape index (κ3) is 4.04. The van der Waals surface area contributed by atoms with Crippen LogP contribution in [0.15, 0.2) is 29.2 Å². The first-order valence-electron chi connectivity index (χ1n) is 5.82. The molecule has 1 aromatic rings. The van der Waals surface area contributed by atoms with Crippen molar-refractivity contribution >= 4 is 27.5 Å². The Kier molecular flexibility index (Phi) is 5.23. The molecular formula is C12H17N3O4S. The number of likely N-dealkylation sites (N-methyl/N-ethyl adjacent to an activating group) is 2.